The molecule has 1 aliphatic rings. The van der Waals surface area contributed by atoms with Gasteiger partial charge in [0.25, 0.3) is 0 Å². The summed E-state index contributed by atoms with van der Waals surface area (Å²) in [6, 6.07) is 10.5. The molecule has 0 spiro atoms. The number of piperidine rings is 1. The van der Waals surface area contributed by atoms with E-state index in [2.05, 4.69) is 15.2 Å². The summed E-state index contributed by atoms with van der Waals surface area (Å²) in [5.41, 5.74) is 3.47. The van der Waals surface area contributed by atoms with Crippen LogP contribution in [0.1, 0.15) is 35.8 Å². The Balaban J connectivity index is 1.38. The maximum absolute atomic E-state index is 13.7. The second kappa shape index (κ2) is 6.99. The molecule has 0 radical (unpaired) electrons. The van der Waals surface area contributed by atoms with Crippen molar-refractivity contribution in [2.24, 2.45) is 0 Å². The van der Waals surface area contributed by atoms with Crippen molar-refractivity contribution in [3.8, 4) is 0 Å². The number of hydrogen-bond acceptors (Lipinski definition) is 3. The molecule has 1 aliphatic heterocycles. The molecule has 1 aromatic carbocycles. The number of aryl methyl sites for hydroxylation is 1. The fourth-order valence-electron chi connectivity index (χ4n) is 4.40. The number of fused-ring (bicyclic) bond motifs is 2. The number of nitrogens with zero attached hydrogens (tertiary/aromatic N) is 4. The fraction of sp³-hybridized carbons (Fsp3) is 0.318. The number of hydrogen-bond donors (Lipinski definition) is 1. The van der Waals surface area contributed by atoms with Crippen molar-refractivity contribution < 1.29 is 9.18 Å². The van der Waals surface area contributed by atoms with Gasteiger partial charge in [0.1, 0.15) is 11.6 Å². The monoisotopic (exact) mass is 391 g/mol. The van der Waals surface area contributed by atoms with Gasteiger partial charge in [0.05, 0.1) is 6.42 Å². The molecular formula is C22H22FN5O. The average Bonchev–Trinajstić information content (AvgIpc) is 3.29. The number of benzene rings is 1. The minimum atomic E-state index is -0.290. The quantitative estimate of drug-likeness (QED) is 0.580. The molecule has 6 nitrogen and oxygen atoms in total. The highest BCUT2D eigenvalue weighted by atomic mass is 19.1. The third-order valence-electron chi connectivity index (χ3n) is 5.89. The largest absolute Gasteiger partial charge is 0.358 e. The van der Waals surface area contributed by atoms with Crippen LogP contribution in [0.3, 0.4) is 0 Å². The lowest BCUT2D eigenvalue weighted by molar-refractivity contribution is -0.131. The van der Waals surface area contributed by atoms with Crippen LogP contribution in [0.2, 0.25) is 0 Å². The third kappa shape index (κ3) is 3.16. The van der Waals surface area contributed by atoms with Crippen molar-refractivity contribution in [3.05, 3.63) is 65.5 Å². The number of carbonyl (C=O) groups is 1. The Bertz CT molecular complexity index is 1210. The van der Waals surface area contributed by atoms with E-state index in [4.69, 9.17) is 0 Å². The van der Waals surface area contributed by atoms with Crippen molar-refractivity contribution in [2.45, 2.75) is 32.1 Å². The molecule has 1 amide bonds. The molecule has 148 valence electrons. The SMILES string of the molecule is Cc1[nH]c2ccc(F)cc2c1CC(=O)N1CCCC(c2nnc3ccccn23)C1. The summed E-state index contributed by atoms with van der Waals surface area (Å²) in [6.07, 6.45) is 4.15. The maximum atomic E-state index is 13.7. The van der Waals surface area contributed by atoms with Crippen LogP contribution in [0, 0.1) is 12.7 Å². The molecule has 0 aliphatic carbocycles. The Morgan fingerprint density at radius 2 is 2.17 bits per heavy atom. The van der Waals surface area contributed by atoms with Gasteiger partial charge >= 0.3 is 0 Å². The van der Waals surface area contributed by atoms with Crippen LogP contribution >= 0.6 is 0 Å². The van der Waals surface area contributed by atoms with Gasteiger partial charge in [-0.15, -0.1) is 10.2 Å². The zero-order chi connectivity index (χ0) is 20.0. The van der Waals surface area contributed by atoms with E-state index < -0.39 is 0 Å². The first-order valence-electron chi connectivity index (χ1n) is 9.94. The number of halogens is 1. The molecule has 1 unspecified atom stereocenters. The van der Waals surface area contributed by atoms with E-state index in [0.29, 0.717) is 6.54 Å². The molecule has 4 aromatic rings. The lowest BCUT2D eigenvalue weighted by Crippen LogP contribution is -2.40. The average molecular weight is 391 g/mol. The summed E-state index contributed by atoms with van der Waals surface area (Å²) in [4.78, 5) is 18.3. The lowest BCUT2D eigenvalue weighted by atomic mass is 9.96. The van der Waals surface area contributed by atoms with Crippen molar-refractivity contribution in [1.82, 2.24) is 24.5 Å². The topological polar surface area (TPSA) is 66.3 Å². The fourth-order valence-corrected chi connectivity index (χ4v) is 4.40. The zero-order valence-corrected chi connectivity index (χ0v) is 16.2. The van der Waals surface area contributed by atoms with Crippen molar-refractivity contribution in [3.63, 3.8) is 0 Å². The predicted octanol–water partition coefficient (Wildman–Crippen LogP) is 3.61. The highest BCUT2D eigenvalue weighted by molar-refractivity contribution is 5.90. The van der Waals surface area contributed by atoms with Crippen LogP contribution < -0.4 is 0 Å². The van der Waals surface area contributed by atoms with E-state index >= 15 is 0 Å². The number of H-pyrrole nitrogens is 1. The van der Waals surface area contributed by atoms with Crippen molar-refractivity contribution in [2.75, 3.05) is 13.1 Å². The van der Waals surface area contributed by atoms with Gasteiger partial charge in [0, 0.05) is 41.8 Å². The number of amides is 1. The van der Waals surface area contributed by atoms with Crippen molar-refractivity contribution in [1.29, 1.82) is 0 Å². The first-order chi connectivity index (χ1) is 14.1. The van der Waals surface area contributed by atoms with E-state index in [1.165, 1.54) is 12.1 Å². The van der Waals surface area contributed by atoms with Crippen LogP contribution in [-0.4, -0.2) is 43.5 Å². The highest BCUT2D eigenvalue weighted by Gasteiger charge is 2.28. The van der Waals surface area contributed by atoms with Gasteiger partial charge < -0.3 is 9.88 Å². The molecule has 1 saturated heterocycles. The number of pyridine rings is 1. The molecule has 0 saturated carbocycles. The van der Waals surface area contributed by atoms with Gasteiger partial charge in [0.15, 0.2) is 5.65 Å². The molecule has 3 aromatic heterocycles. The Labute approximate surface area is 167 Å². The molecule has 7 heteroatoms. The summed E-state index contributed by atoms with van der Waals surface area (Å²) >= 11 is 0. The van der Waals surface area contributed by atoms with Crippen molar-refractivity contribution >= 4 is 22.5 Å². The lowest BCUT2D eigenvalue weighted by Gasteiger charge is -2.32. The van der Waals surface area contributed by atoms with Gasteiger partial charge in [-0.1, -0.05) is 6.07 Å². The zero-order valence-electron chi connectivity index (χ0n) is 16.2. The van der Waals surface area contributed by atoms with Gasteiger partial charge in [-0.2, -0.15) is 0 Å². The minimum Gasteiger partial charge on any atom is -0.358 e. The molecule has 1 N–H and O–H groups in total. The van der Waals surface area contributed by atoms with Gasteiger partial charge in [-0.25, -0.2) is 4.39 Å². The second-order valence-corrected chi connectivity index (χ2v) is 7.76. The normalized spacial score (nSPS) is 17.3. The molecule has 0 bridgehead atoms. The summed E-state index contributed by atoms with van der Waals surface area (Å²) in [6.45, 7) is 3.30. The standard InChI is InChI=1S/C22H22FN5O/c1-14-17(18-11-16(23)7-8-19(18)24-14)12-21(29)27-9-4-5-15(13-27)22-26-25-20-6-2-3-10-28(20)22/h2-3,6-8,10-11,15,24H,4-5,9,12-13H2,1H3. The summed E-state index contributed by atoms with van der Waals surface area (Å²) in [7, 11) is 0. The molecule has 4 heterocycles. The number of rotatable bonds is 3. The summed E-state index contributed by atoms with van der Waals surface area (Å²) in [5, 5.41) is 9.42. The van der Waals surface area contributed by atoms with E-state index in [9.17, 15) is 9.18 Å². The number of likely N-dealkylation sites (tertiary alicyclic amines) is 1. The van der Waals surface area contributed by atoms with E-state index in [0.717, 1.165) is 53.0 Å². The number of aromatic nitrogens is 4. The van der Waals surface area contributed by atoms with Crippen LogP contribution in [0.4, 0.5) is 4.39 Å². The van der Waals surface area contributed by atoms with E-state index in [1.54, 1.807) is 6.07 Å². The number of aromatic amines is 1. The molecule has 5 rings (SSSR count). The Hall–Kier alpha value is -3.22. The summed E-state index contributed by atoms with van der Waals surface area (Å²) < 4.78 is 15.7. The Kier molecular flexibility index (Phi) is 4.30. The molecular weight excluding hydrogens is 369 g/mol. The number of nitrogens with one attached hydrogen (secondary N) is 1. The van der Waals surface area contributed by atoms with Gasteiger partial charge in [0.2, 0.25) is 5.91 Å². The smallest absolute Gasteiger partial charge is 0.227 e. The first-order valence-corrected chi connectivity index (χ1v) is 9.94. The molecule has 1 fully saturated rings. The second-order valence-electron chi connectivity index (χ2n) is 7.76. The predicted molar refractivity (Wildman–Crippen MR) is 108 cm³/mol. The molecule has 29 heavy (non-hydrogen) atoms. The van der Waals surface area contributed by atoms with E-state index in [-0.39, 0.29) is 24.1 Å². The van der Waals surface area contributed by atoms with Crippen LogP contribution in [0.5, 0.6) is 0 Å². The minimum absolute atomic E-state index is 0.0665. The maximum Gasteiger partial charge on any atom is 0.227 e. The van der Waals surface area contributed by atoms with Gasteiger partial charge in [-0.05, 0) is 55.7 Å². The van der Waals surface area contributed by atoms with E-state index in [1.807, 2.05) is 40.6 Å². The third-order valence-corrected chi connectivity index (χ3v) is 5.89. The Morgan fingerprint density at radius 1 is 1.28 bits per heavy atom. The Morgan fingerprint density at radius 3 is 3.07 bits per heavy atom. The number of carbonyl (C=O) groups excluding carboxylic acids is 1. The van der Waals surface area contributed by atoms with Crippen LogP contribution in [0.15, 0.2) is 42.6 Å². The highest BCUT2D eigenvalue weighted by Crippen LogP contribution is 2.28. The first kappa shape index (κ1) is 17.8. The van der Waals surface area contributed by atoms with Crippen LogP contribution in [0.25, 0.3) is 16.6 Å². The summed E-state index contributed by atoms with van der Waals surface area (Å²) in [5.74, 6) is 0.841. The molecule has 1 atom stereocenters. The van der Waals surface area contributed by atoms with Crippen LogP contribution in [-0.2, 0) is 11.2 Å². The van der Waals surface area contributed by atoms with Gasteiger partial charge in [-0.3, -0.25) is 9.20 Å².